The summed E-state index contributed by atoms with van der Waals surface area (Å²) < 4.78 is 74.9. The van der Waals surface area contributed by atoms with E-state index in [4.69, 9.17) is 34.5 Å². The molecule has 0 aliphatic carbocycles. The number of benzene rings is 2. The van der Waals surface area contributed by atoms with Gasteiger partial charge < -0.3 is 24.6 Å². The average Bonchev–Trinajstić information content (AvgIpc) is 3.39. The number of aliphatic carboxylic acids is 2. The van der Waals surface area contributed by atoms with Crippen molar-refractivity contribution in [1.29, 1.82) is 0 Å². The van der Waals surface area contributed by atoms with Crippen LogP contribution in [0.1, 0.15) is 43.0 Å². The van der Waals surface area contributed by atoms with Crippen molar-refractivity contribution in [2.45, 2.75) is 58.1 Å². The number of nitrogens with one attached hydrogen (secondary N) is 1. The molecule has 1 fully saturated rings. The van der Waals surface area contributed by atoms with Crippen LogP contribution in [0.2, 0.25) is 0 Å². The third kappa shape index (κ3) is 11.2. The number of hydroxylamine groups is 1. The number of carbonyl (C=O) groups excluding carboxylic acids is 2. The van der Waals surface area contributed by atoms with Gasteiger partial charge in [0.25, 0.3) is 5.91 Å². The fourth-order valence-corrected chi connectivity index (χ4v) is 4.78. The number of nitrogens with zero attached hydrogens (tertiary/aromatic N) is 2. The summed E-state index contributed by atoms with van der Waals surface area (Å²) in [4.78, 5) is 49.2. The molecule has 1 aliphatic rings. The Bertz CT molecular complexity index is 1610. The first kappa shape index (κ1) is 40.0. The zero-order valence-corrected chi connectivity index (χ0v) is 26.4. The Morgan fingerprint density at radius 2 is 1.49 bits per heavy atom. The van der Waals surface area contributed by atoms with Crippen LogP contribution in [0, 0.1) is 12.8 Å². The van der Waals surface area contributed by atoms with Crippen molar-refractivity contribution in [1.82, 2.24) is 15.4 Å². The Morgan fingerprint density at radius 1 is 0.959 bits per heavy atom. The van der Waals surface area contributed by atoms with Gasteiger partial charge in [-0.15, -0.1) is 0 Å². The minimum atomic E-state index is -5.08. The molecule has 2 atom stereocenters. The molecule has 12 nitrogen and oxygen atoms in total. The summed E-state index contributed by atoms with van der Waals surface area (Å²) in [6.07, 6.45) is -9.55. The lowest BCUT2D eigenvalue weighted by Crippen LogP contribution is -2.50. The number of aromatic nitrogens is 1. The molecule has 4 rings (SSSR count). The zero-order valence-electron chi connectivity index (χ0n) is 26.4. The van der Waals surface area contributed by atoms with E-state index in [1.807, 2.05) is 69.3 Å². The number of hydrogen-bond donors (Lipinski definition) is 4. The van der Waals surface area contributed by atoms with Crippen molar-refractivity contribution >= 4 is 34.7 Å². The van der Waals surface area contributed by atoms with Crippen LogP contribution in [0.25, 0.3) is 10.9 Å². The first-order chi connectivity index (χ1) is 22.7. The molecule has 18 heteroatoms. The van der Waals surface area contributed by atoms with Crippen molar-refractivity contribution in [2.24, 2.45) is 5.92 Å². The van der Waals surface area contributed by atoms with Crippen LogP contribution in [0.5, 0.6) is 11.5 Å². The highest BCUT2D eigenvalue weighted by atomic mass is 19.4. The molecule has 2 heterocycles. The highest BCUT2D eigenvalue weighted by Crippen LogP contribution is 2.33. The molecular formula is C31H33F6N3O9. The van der Waals surface area contributed by atoms with E-state index >= 15 is 0 Å². The maximum atomic E-state index is 13.1. The normalized spacial score (nSPS) is 15.1. The molecule has 1 saturated heterocycles. The third-order valence-corrected chi connectivity index (χ3v) is 6.98. The van der Waals surface area contributed by atoms with Gasteiger partial charge in [-0.25, -0.2) is 15.1 Å². The number of hydrogen-bond acceptors (Lipinski definition) is 8. The largest absolute Gasteiger partial charge is 0.497 e. The molecule has 268 valence electrons. The maximum absolute atomic E-state index is 13.1. The number of alkyl halides is 6. The van der Waals surface area contributed by atoms with Gasteiger partial charge in [0.15, 0.2) is 0 Å². The average molecular weight is 706 g/mol. The summed E-state index contributed by atoms with van der Waals surface area (Å²) in [6, 6.07) is 14.6. The summed E-state index contributed by atoms with van der Waals surface area (Å²) in [5.74, 6) is -5.16. The molecule has 0 saturated carbocycles. The fourth-order valence-electron chi connectivity index (χ4n) is 4.78. The van der Waals surface area contributed by atoms with Crippen LogP contribution in [0.3, 0.4) is 0 Å². The Kier molecular flexibility index (Phi) is 13.7. The van der Waals surface area contributed by atoms with Crippen LogP contribution in [-0.4, -0.2) is 81.1 Å². The van der Waals surface area contributed by atoms with E-state index in [1.165, 1.54) is 0 Å². The number of amides is 2. The zero-order chi connectivity index (χ0) is 37.3. The lowest BCUT2D eigenvalue weighted by atomic mass is 9.97. The van der Waals surface area contributed by atoms with E-state index in [-0.39, 0.29) is 17.7 Å². The minimum Gasteiger partial charge on any atom is -0.497 e. The number of aryl methyl sites for hydroxylation is 1. The molecule has 2 aromatic carbocycles. The third-order valence-electron chi connectivity index (χ3n) is 6.98. The molecule has 49 heavy (non-hydrogen) atoms. The van der Waals surface area contributed by atoms with Crippen molar-refractivity contribution in [3.63, 3.8) is 0 Å². The lowest BCUT2D eigenvalue weighted by Gasteiger charge is -2.29. The molecule has 1 aliphatic heterocycles. The Hall–Kier alpha value is -5.13. The number of likely N-dealkylation sites (tertiary alicyclic amines) is 1. The fraction of sp³-hybridized carbons (Fsp3) is 0.387. The number of rotatable bonds is 8. The number of fused-ring (bicyclic) bond motifs is 1. The van der Waals surface area contributed by atoms with Gasteiger partial charge in [-0.3, -0.25) is 19.8 Å². The van der Waals surface area contributed by atoms with Gasteiger partial charge >= 0.3 is 24.3 Å². The summed E-state index contributed by atoms with van der Waals surface area (Å²) in [7, 11) is 1.64. The lowest BCUT2D eigenvalue weighted by molar-refractivity contribution is -0.193. The van der Waals surface area contributed by atoms with E-state index in [9.17, 15) is 35.9 Å². The van der Waals surface area contributed by atoms with E-state index in [1.54, 1.807) is 17.5 Å². The first-order valence-electron chi connectivity index (χ1n) is 14.2. The Morgan fingerprint density at radius 3 is 1.96 bits per heavy atom. The second kappa shape index (κ2) is 16.8. The molecule has 0 bridgehead atoms. The highest BCUT2D eigenvalue weighted by molar-refractivity contribution is 5.92. The van der Waals surface area contributed by atoms with Gasteiger partial charge in [0.2, 0.25) is 5.91 Å². The van der Waals surface area contributed by atoms with Gasteiger partial charge in [0.1, 0.15) is 24.1 Å². The number of methoxy groups -OCH3 is 1. The van der Waals surface area contributed by atoms with Gasteiger partial charge in [-0.05, 0) is 61.2 Å². The molecule has 2 unspecified atom stereocenters. The SMILES string of the molecule is COc1ccc2nc(C)cc(COc3ccc(C4CCN(C(C(=O)NO)C(C)C)C4=O)cc3)c2c1.O=C(O)C(F)(F)F.O=C(O)C(F)(F)F. The number of carboxylic acids is 2. The predicted molar refractivity (Wildman–Crippen MR) is 159 cm³/mol. The van der Waals surface area contributed by atoms with Crippen LogP contribution >= 0.6 is 0 Å². The quantitative estimate of drug-likeness (QED) is 0.138. The molecule has 0 radical (unpaired) electrons. The smallest absolute Gasteiger partial charge is 0.490 e. The Balaban J connectivity index is 0.000000500. The van der Waals surface area contributed by atoms with E-state index in [0.29, 0.717) is 25.3 Å². The molecule has 0 spiro atoms. The second-order valence-corrected chi connectivity index (χ2v) is 10.8. The van der Waals surface area contributed by atoms with E-state index in [2.05, 4.69) is 4.98 Å². The Labute approximate surface area is 275 Å². The maximum Gasteiger partial charge on any atom is 0.490 e. The van der Waals surface area contributed by atoms with Gasteiger partial charge in [0, 0.05) is 23.2 Å². The molecule has 4 N–H and O–H groups in total. The first-order valence-corrected chi connectivity index (χ1v) is 14.2. The topological polar surface area (TPSA) is 176 Å². The summed E-state index contributed by atoms with van der Waals surface area (Å²) in [5.41, 5.74) is 5.39. The number of halogens is 6. The van der Waals surface area contributed by atoms with Crippen molar-refractivity contribution in [3.05, 3.63) is 65.4 Å². The van der Waals surface area contributed by atoms with Gasteiger partial charge in [-0.1, -0.05) is 26.0 Å². The van der Waals surface area contributed by atoms with Crippen molar-refractivity contribution in [2.75, 3.05) is 13.7 Å². The van der Waals surface area contributed by atoms with Crippen LogP contribution in [0.4, 0.5) is 26.3 Å². The van der Waals surface area contributed by atoms with Crippen LogP contribution in [0.15, 0.2) is 48.5 Å². The van der Waals surface area contributed by atoms with Crippen molar-refractivity contribution < 1.29 is 70.4 Å². The molecule has 1 aromatic heterocycles. The van der Waals surface area contributed by atoms with Crippen LogP contribution < -0.4 is 15.0 Å². The number of carboxylic acid groups (broad SMARTS) is 2. The standard InChI is InChI=1S/C27H31N3O5.2C2HF3O2/c1-16(2)25(26(31)29-33)30-12-11-22(27(30)32)18-5-7-20(8-6-18)35-15-19-13-17(3)28-24-10-9-21(34-4)14-23(19)24;2*3-2(4,5)1(6)7/h5-10,13-14,16,22,25,33H,11-12,15H2,1-4H3,(H,29,31);2*(H,6,7). The van der Waals surface area contributed by atoms with E-state index in [0.717, 1.165) is 33.5 Å². The summed E-state index contributed by atoms with van der Waals surface area (Å²) in [6.45, 7) is 6.51. The van der Waals surface area contributed by atoms with Gasteiger partial charge in [-0.2, -0.15) is 26.3 Å². The predicted octanol–water partition coefficient (Wildman–Crippen LogP) is 5.24. The summed E-state index contributed by atoms with van der Waals surface area (Å²) in [5, 5.41) is 24.3. The monoisotopic (exact) mass is 705 g/mol. The van der Waals surface area contributed by atoms with Crippen LogP contribution in [-0.2, 0) is 25.8 Å². The molecular weight excluding hydrogens is 672 g/mol. The van der Waals surface area contributed by atoms with Crippen molar-refractivity contribution in [3.8, 4) is 11.5 Å². The number of pyridine rings is 1. The molecule has 3 aromatic rings. The molecule has 2 amide bonds. The van der Waals surface area contributed by atoms with E-state index < -0.39 is 36.2 Å². The number of ether oxygens (including phenoxy) is 2. The number of carbonyl (C=O) groups is 4. The van der Waals surface area contributed by atoms with Gasteiger partial charge in [0.05, 0.1) is 18.5 Å². The second-order valence-electron chi connectivity index (χ2n) is 10.8. The summed E-state index contributed by atoms with van der Waals surface area (Å²) >= 11 is 0. The highest BCUT2D eigenvalue weighted by Gasteiger charge is 2.41. The minimum absolute atomic E-state index is 0.103.